The van der Waals surface area contributed by atoms with Gasteiger partial charge < -0.3 is 14.7 Å². The summed E-state index contributed by atoms with van der Waals surface area (Å²) >= 11 is 0. The van der Waals surface area contributed by atoms with E-state index in [9.17, 15) is 14.7 Å². The third-order valence-electron chi connectivity index (χ3n) is 4.01. The molecule has 1 rings (SSSR count). The fourth-order valence-corrected chi connectivity index (χ4v) is 2.82. The number of carboxylic acid groups (broad SMARTS) is 1. The van der Waals surface area contributed by atoms with Crippen molar-refractivity contribution in [3.8, 4) is 0 Å². The molecular formula is C16H30N2O4. The van der Waals surface area contributed by atoms with Crippen LogP contribution in [0.5, 0.6) is 0 Å². The van der Waals surface area contributed by atoms with Crippen LogP contribution in [0.1, 0.15) is 47.5 Å². The lowest BCUT2D eigenvalue weighted by Crippen LogP contribution is -2.61. The van der Waals surface area contributed by atoms with Crippen molar-refractivity contribution in [2.75, 3.05) is 26.7 Å². The highest BCUT2D eigenvalue weighted by atomic mass is 16.6. The van der Waals surface area contributed by atoms with Crippen molar-refractivity contribution in [3.05, 3.63) is 0 Å². The molecule has 0 spiro atoms. The van der Waals surface area contributed by atoms with Crippen LogP contribution in [0.2, 0.25) is 0 Å². The minimum atomic E-state index is -1.17. The van der Waals surface area contributed by atoms with E-state index in [4.69, 9.17) is 4.74 Å². The molecule has 0 aromatic rings. The maximum atomic E-state index is 12.3. The van der Waals surface area contributed by atoms with Gasteiger partial charge in [0.2, 0.25) is 0 Å². The smallest absolute Gasteiger partial charge is 0.410 e. The summed E-state index contributed by atoms with van der Waals surface area (Å²) in [5.74, 6) is -0.411. The Labute approximate surface area is 133 Å². The van der Waals surface area contributed by atoms with E-state index in [1.54, 1.807) is 20.8 Å². The van der Waals surface area contributed by atoms with Crippen molar-refractivity contribution < 1.29 is 19.4 Å². The second-order valence-corrected chi connectivity index (χ2v) is 7.57. The summed E-state index contributed by atoms with van der Waals surface area (Å²) in [6, 6.07) is 0. The number of hydrogen-bond acceptors (Lipinski definition) is 4. The van der Waals surface area contributed by atoms with E-state index >= 15 is 0 Å². The fourth-order valence-electron chi connectivity index (χ4n) is 2.82. The minimum Gasteiger partial charge on any atom is -0.479 e. The Hall–Kier alpha value is -1.30. The topological polar surface area (TPSA) is 70.1 Å². The average Bonchev–Trinajstić information content (AvgIpc) is 2.36. The molecule has 1 heterocycles. The molecular weight excluding hydrogens is 284 g/mol. The first-order chi connectivity index (χ1) is 9.98. The lowest BCUT2D eigenvalue weighted by atomic mass is 9.86. The summed E-state index contributed by atoms with van der Waals surface area (Å²) in [4.78, 5) is 27.6. The Bertz CT molecular complexity index is 407. The van der Waals surface area contributed by atoms with E-state index in [0.717, 1.165) is 6.54 Å². The third-order valence-corrected chi connectivity index (χ3v) is 4.01. The van der Waals surface area contributed by atoms with Gasteiger partial charge in [-0.3, -0.25) is 4.90 Å². The molecule has 0 bridgehead atoms. The molecule has 1 amide bonds. The summed E-state index contributed by atoms with van der Waals surface area (Å²) in [5, 5.41) is 9.71. The van der Waals surface area contributed by atoms with Crippen LogP contribution in [0.4, 0.5) is 4.79 Å². The maximum absolute atomic E-state index is 12.3. The van der Waals surface area contributed by atoms with Gasteiger partial charge in [-0.1, -0.05) is 13.8 Å². The van der Waals surface area contributed by atoms with Gasteiger partial charge in [0, 0.05) is 26.7 Å². The molecule has 0 unspecified atom stereocenters. The third kappa shape index (κ3) is 4.60. The standard InChI is InChI=1S/C16H30N2O4/c1-12(2)11-18-9-7-16(8-10-18,13(19)20)17(6)14(21)22-15(3,4)5/h12H,7-11H2,1-6H3,(H,19,20). The normalized spacial score (nSPS) is 19.0. The Morgan fingerprint density at radius 2 is 1.77 bits per heavy atom. The molecule has 0 atom stereocenters. The molecule has 0 aromatic heterocycles. The zero-order valence-corrected chi connectivity index (χ0v) is 14.7. The van der Waals surface area contributed by atoms with Crippen LogP contribution in [0, 0.1) is 5.92 Å². The van der Waals surface area contributed by atoms with E-state index in [-0.39, 0.29) is 0 Å². The molecule has 0 aromatic carbocycles. The number of piperidine rings is 1. The lowest BCUT2D eigenvalue weighted by molar-refractivity contribution is -0.153. The van der Waals surface area contributed by atoms with Crippen molar-refractivity contribution in [3.63, 3.8) is 0 Å². The van der Waals surface area contributed by atoms with Crippen LogP contribution >= 0.6 is 0 Å². The first kappa shape index (κ1) is 18.7. The summed E-state index contributed by atoms with van der Waals surface area (Å²) in [7, 11) is 1.53. The van der Waals surface area contributed by atoms with Gasteiger partial charge in [0.15, 0.2) is 0 Å². The van der Waals surface area contributed by atoms with Gasteiger partial charge in [0.05, 0.1) is 0 Å². The zero-order valence-electron chi connectivity index (χ0n) is 14.7. The van der Waals surface area contributed by atoms with Crippen molar-refractivity contribution in [2.45, 2.75) is 58.6 Å². The number of carboxylic acids is 1. The second kappa shape index (κ2) is 6.86. The lowest BCUT2D eigenvalue weighted by Gasteiger charge is -2.44. The van der Waals surface area contributed by atoms with E-state index in [2.05, 4.69) is 18.7 Å². The first-order valence-electron chi connectivity index (χ1n) is 7.90. The number of carbonyl (C=O) groups is 2. The molecule has 1 N–H and O–H groups in total. The van der Waals surface area contributed by atoms with Crippen LogP contribution in [-0.4, -0.2) is 64.8 Å². The van der Waals surface area contributed by atoms with Crippen LogP contribution in [0.25, 0.3) is 0 Å². The molecule has 128 valence electrons. The Balaban J connectivity index is 2.82. The van der Waals surface area contributed by atoms with E-state index in [1.807, 2.05) is 0 Å². The van der Waals surface area contributed by atoms with Crippen molar-refractivity contribution in [1.29, 1.82) is 0 Å². The Morgan fingerprint density at radius 1 is 1.27 bits per heavy atom. The van der Waals surface area contributed by atoms with Gasteiger partial charge in [-0.25, -0.2) is 9.59 Å². The molecule has 0 saturated carbocycles. The molecule has 22 heavy (non-hydrogen) atoms. The number of amides is 1. The molecule has 1 fully saturated rings. The van der Waals surface area contributed by atoms with Gasteiger partial charge in [-0.05, 0) is 39.5 Å². The Kier molecular flexibility index (Phi) is 5.84. The van der Waals surface area contributed by atoms with Crippen LogP contribution in [0.15, 0.2) is 0 Å². The number of aliphatic carboxylic acids is 1. The summed E-state index contributed by atoms with van der Waals surface area (Å²) < 4.78 is 5.33. The number of hydrogen-bond donors (Lipinski definition) is 1. The van der Waals surface area contributed by atoms with Crippen molar-refractivity contribution in [1.82, 2.24) is 9.80 Å². The Morgan fingerprint density at radius 3 is 2.14 bits per heavy atom. The zero-order chi connectivity index (χ0) is 17.1. The average molecular weight is 314 g/mol. The molecule has 0 radical (unpaired) electrons. The number of ether oxygens (including phenoxy) is 1. The van der Waals surface area contributed by atoms with Gasteiger partial charge in [-0.15, -0.1) is 0 Å². The molecule has 1 saturated heterocycles. The SMILES string of the molecule is CC(C)CN1CCC(C(=O)O)(N(C)C(=O)OC(C)(C)C)CC1. The summed E-state index contributed by atoms with van der Waals surface area (Å²) in [6.45, 7) is 11.9. The maximum Gasteiger partial charge on any atom is 0.410 e. The quantitative estimate of drug-likeness (QED) is 0.863. The summed E-state index contributed by atoms with van der Waals surface area (Å²) in [6.07, 6.45) is 0.266. The fraction of sp³-hybridized carbons (Fsp3) is 0.875. The number of likely N-dealkylation sites (N-methyl/N-ethyl adjacent to an activating group) is 1. The number of likely N-dealkylation sites (tertiary alicyclic amines) is 1. The second-order valence-electron chi connectivity index (χ2n) is 7.57. The van der Waals surface area contributed by atoms with Crippen LogP contribution < -0.4 is 0 Å². The highest BCUT2D eigenvalue weighted by Crippen LogP contribution is 2.30. The minimum absolute atomic E-state index is 0.421. The van der Waals surface area contributed by atoms with Gasteiger partial charge in [0.25, 0.3) is 0 Å². The number of carbonyl (C=O) groups excluding carboxylic acids is 1. The predicted octanol–water partition coefficient (Wildman–Crippen LogP) is 2.43. The molecule has 6 heteroatoms. The molecule has 1 aliphatic heterocycles. The van der Waals surface area contributed by atoms with Gasteiger partial charge >= 0.3 is 12.1 Å². The van der Waals surface area contributed by atoms with Gasteiger partial charge in [-0.2, -0.15) is 0 Å². The highest BCUT2D eigenvalue weighted by molar-refractivity contribution is 5.84. The highest BCUT2D eigenvalue weighted by Gasteiger charge is 2.48. The largest absolute Gasteiger partial charge is 0.479 e. The van der Waals surface area contributed by atoms with Gasteiger partial charge in [0.1, 0.15) is 11.1 Å². The van der Waals surface area contributed by atoms with E-state index in [1.165, 1.54) is 11.9 Å². The summed E-state index contributed by atoms with van der Waals surface area (Å²) in [5.41, 5.74) is -1.81. The van der Waals surface area contributed by atoms with Crippen LogP contribution in [-0.2, 0) is 9.53 Å². The van der Waals surface area contributed by atoms with E-state index < -0.39 is 23.2 Å². The number of nitrogens with zero attached hydrogens (tertiary/aromatic N) is 2. The van der Waals surface area contributed by atoms with Crippen LogP contribution in [0.3, 0.4) is 0 Å². The predicted molar refractivity (Wildman–Crippen MR) is 84.9 cm³/mol. The molecule has 6 nitrogen and oxygen atoms in total. The molecule has 0 aliphatic carbocycles. The number of rotatable bonds is 4. The van der Waals surface area contributed by atoms with Crippen molar-refractivity contribution >= 4 is 12.1 Å². The monoisotopic (exact) mass is 314 g/mol. The molecule has 1 aliphatic rings. The first-order valence-corrected chi connectivity index (χ1v) is 7.90. The van der Waals surface area contributed by atoms with Crippen molar-refractivity contribution in [2.24, 2.45) is 5.92 Å². The van der Waals surface area contributed by atoms with E-state index in [0.29, 0.717) is 31.8 Å².